The van der Waals surface area contributed by atoms with Crippen LogP contribution >= 0.6 is 0 Å². The van der Waals surface area contributed by atoms with Crippen molar-refractivity contribution >= 4 is 0 Å². The number of unbranched alkanes of at least 4 members (excludes halogenated alkanes) is 13. The molecule has 2 aliphatic heterocycles. The Balaban J connectivity index is 1.59. The van der Waals surface area contributed by atoms with Gasteiger partial charge < -0.3 is 64.2 Å². The molecule has 0 spiro atoms. The van der Waals surface area contributed by atoms with E-state index in [1.54, 1.807) is 0 Å². The highest BCUT2D eigenvalue weighted by Crippen LogP contribution is 2.26. The Morgan fingerprint density at radius 2 is 1.02 bits per heavy atom. The zero-order chi connectivity index (χ0) is 33.0. The standard InChI is InChI=1S/C32H62O13/c1-3-4-5-6-7-8-9-10-11-12-13-14-15-16-17-41-19-22(40-2)20-42-31-30(39)28(37)26(35)24(45-31)21-43-32-29(38)27(36)25(34)23(18-33)44-32/h22-39H,3-21H2,1-2H3/t22?,23-,24-,25+,26+,27+,28+,29-,30-,31-,32+/m1/s1. The molecule has 13 nitrogen and oxygen atoms in total. The first-order valence-corrected chi connectivity index (χ1v) is 17.1. The van der Waals surface area contributed by atoms with Crippen molar-refractivity contribution in [3.63, 3.8) is 0 Å². The van der Waals surface area contributed by atoms with Crippen LogP contribution in [0, 0.1) is 0 Å². The van der Waals surface area contributed by atoms with E-state index < -0.39 is 80.7 Å². The highest BCUT2D eigenvalue weighted by molar-refractivity contribution is 4.91. The largest absolute Gasteiger partial charge is 0.394 e. The Labute approximate surface area is 268 Å². The molecule has 45 heavy (non-hydrogen) atoms. The van der Waals surface area contributed by atoms with E-state index >= 15 is 0 Å². The van der Waals surface area contributed by atoms with Crippen molar-refractivity contribution in [2.45, 2.75) is 164 Å². The van der Waals surface area contributed by atoms with Crippen molar-refractivity contribution in [2.24, 2.45) is 0 Å². The summed E-state index contributed by atoms with van der Waals surface area (Å²) in [5.41, 5.74) is 0. The van der Waals surface area contributed by atoms with Gasteiger partial charge in [-0.2, -0.15) is 0 Å². The van der Waals surface area contributed by atoms with E-state index in [1.165, 1.54) is 84.2 Å². The molecule has 2 saturated heterocycles. The molecule has 7 N–H and O–H groups in total. The third-order valence-corrected chi connectivity index (χ3v) is 8.67. The normalized spacial score (nSPS) is 33.0. The van der Waals surface area contributed by atoms with Crippen molar-refractivity contribution in [2.75, 3.05) is 40.1 Å². The molecule has 2 rings (SSSR count). The van der Waals surface area contributed by atoms with E-state index in [1.807, 2.05) is 0 Å². The van der Waals surface area contributed by atoms with Crippen LogP contribution in [0.3, 0.4) is 0 Å². The fourth-order valence-corrected chi connectivity index (χ4v) is 5.59. The molecule has 13 heteroatoms. The molecule has 268 valence electrons. The molecule has 0 aromatic rings. The number of aliphatic hydroxyl groups is 7. The molecular weight excluding hydrogens is 592 g/mol. The number of rotatable bonds is 25. The summed E-state index contributed by atoms with van der Waals surface area (Å²) >= 11 is 0. The lowest BCUT2D eigenvalue weighted by Gasteiger charge is -2.42. The van der Waals surface area contributed by atoms with Gasteiger partial charge in [-0.1, -0.05) is 90.4 Å². The third-order valence-electron chi connectivity index (χ3n) is 8.67. The summed E-state index contributed by atoms with van der Waals surface area (Å²) in [7, 11) is 1.51. The van der Waals surface area contributed by atoms with Gasteiger partial charge in [0.05, 0.1) is 26.4 Å². The Morgan fingerprint density at radius 3 is 1.53 bits per heavy atom. The van der Waals surface area contributed by atoms with Crippen molar-refractivity contribution in [1.82, 2.24) is 0 Å². The predicted octanol–water partition coefficient (Wildman–Crippen LogP) is 1.14. The van der Waals surface area contributed by atoms with E-state index in [2.05, 4.69) is 6.92 Å². The Morgan fingerprint density at radius 1 is 0.556 bits per heavy atom. The van der Waals surface area contributed by atoms with Gasteiger partial charge in [0.1, 0.15) is 54.9 Å². The van der Waals surface area contributed by atoms with Crippen LogP contribution in [0.4, 0.5) is 0 Å². The van der Waals surface area contributed by atoms with Gasteiger partial charge in [-0.15, -0.1) is 0 Å². The molecule has 0 radical (unpaired) electrons. The third kappa shape index (κ3) is 14.6. The van der Waals surface area contributed by atoms with E-state index in [0.29, 0.717) is 6.61 Å². The molecule has 0 aliphatic carbocycles. The molecule has 0 amide bonds. The van der Waals surface area contributed by atoms with E-state index in [9.17, 15) is 35.7 Å². The first kappa shape index (κ1) is 40.7. The lowest BCUT2D eigenvalue weighted by atomic mass is 9.98. The average Bonchev–Trinajstić information content (AvgIpc) is 3.04. The van der Waals surface area contributed by atoms with Crippen LogP contribution in [-0.4, -0.2) is 143 Å². The van der Waals surface area contributed by atoms with Gasteiger partial charge in [-0.25, -0.2) is 0 Å². The van der Waals surface area contributed by atoms with Gasteiger partial charge in [0.15, 0.2) is 12.6 Å². The van der Waals surface area contributed by atoms with Crippen LogP contribution in [0.15, 0.2) is 0 Å². The molecule has 11 atom stereocenters. The lowest BCUT2D eigenvalue weighted by molar-refractivity contribution is -0.332. The minimum atomic E-state index is -1.64. The molecule has 2 fully saturated rings. The van der Waals surface area contributed by atoms with Crippen LogP contribution in [-0.2, 0) is 28.4 Å². The Hall–Kier alpha value is -0.520. The van der Waals surface area contributed by atoms with Crippen molar-refractivity contribution in [3.05, 3.63) is 0 Å². The molecular formula is C32H62O13. The van der Waals surface area contributed by atoms with E-state index in [4.69, 9.17) is 28.4 Å². The Bertz CT molecular complexity index is 717. The van der Waals surface area contributed by atoms with Crippen LogP contribution < -0.4 is 0 Å². The number of ether oxygens (including phenoxy) is 6. The molecule has 0 saturated carbocycles. The van der Waals surface area contributed by atoms with Crippen LogP contribution in [0.5, 0.6) is 0 Å². The number of hydrogen-bond donors (Lipinski definition) is 7. The Kier molecular flexibility index (Phi) is 21.5. The zero-order valence-corrected chi connectivity index (χ0v) is 27.4. The van der Waals surface area contributed by atoms with Gasteiger partial charge in [0.2, 0.25) is 0 Å². The summed E-state index contributed by atoms with van der Waals surface area (Å²) in [6, 6.07) is 0. The molecule has 2 heterocycles. The molecule has 0 aromatic heterocycles. The summed E-state index contributed by atoms with van der Waals surface area (Å²) in [5, 5.41) is 70.5. The zero-order valence-electron chi connectivity index (χ0n) is 27.4. The van der Waals surface area contributed by atoms with Crippen LogP contribution in [0.1, 0.15) is 96.8 Å². The molecule has 0 bridgehead atoms. The van der Waals surface area contributed by atoms with Gasteiger partial charge in [-0.05, 0) is 6.42 Å². The maximum absolute atomic E-state index is 10.4. The first-order chi connectivity index (χ1) is 21.7. The summed E-state index contributed by atoms with van der Waals surface area (Å²) < 4.78 is 33.2. The number of hydrogen-bond acceptors (Lipinski definition) is 13. The molecule has 0 aromatic carbocycles. The van der Waals surface area contributed by atoms with Gasteiger partial charge in [-0.3, -0.25) is 0 Å². The highest BCUT2D eigenvalue weighted by Gasteiger charge is 2.47. The van der Waals surface area contributed by atoms with E-state index in [-0.39, 0.29) is 13.2 Å². The minimum Gasteiger partial charge on any atom is -0.394 e. The quantitative estimate of drug-likeness (QED) is 0.0693. The second-order valence-corrected chi connectivity index (χ2v) is 12.4. The smallest absolute Gasteiger partial charge is 0.186 e. The molecule has 1 unspecified atom stereocenters. The van der Waals surface area contributed by atoms with Crippen molar-refractivity contribution in [3.8, 4) is 0 Å². The summed E-state index contributed by atoms with van der Waals surface area (Å²) in [6.45, 7) is 2.05. The monoisotopic (exact) mass is 654 g/mol. The van der Waals surface area contributed by atoms with Gasteiger partial charge in [0.25, 0.3) is 0 Å². The van der Waals surface area contributed by atoms with Gasteiger partial charge >= 0.3 is 0 Å². The summed E-state index contributed by atoms with van der Waals surface area (Å²) in [5.74, 6) is 0. The van der Waals surface area contributed by atoms with Gasteiger partial charge in [0, 0.05) is 13.7 Å². The second-order valence-electron chi connectivity index (χ2n) is 12.4. The lowest BCUT2D eigenvalue weighted by Crippen LogP contribution is -2.61. The first-order valence-electron chi connectivity index (χ1n) is 17.1. The maximum Gasteiger partial charge on any atom is 0.186 e. The molecule has 2 aliphatic rings. The SMILES string of the molecule is CCCCCCCCCCCCCCCCOCC(CO[C@@H]1O[C@H](CO[C@H]2O[C@H](CO)[C@H](O)[C@H](O)[C@H]2O)[C@H](O)[C@H](O)[C@H]1O)OC. The predicted molar refractivity (Wildman–Crippen MR) is 164 cm³/mol. The van der Waals surface area contributed by atoms with E-state index in [0.717, 1.165) is 12.8 Å². The van der Waals surface area contributed by atoms with Crippen LogP contribution in [0.2, 0.25) is 0 Å². The van der Waals surface area contributed by atoms with Crippen LogP contribution in [0.25, 0.3) is 0 Å². The minimum absolute atomic E-state index is 0.0138. The average molecular weight is 655 g/mol. The summed E-state index contributed by atoms with van der Waals surface area (Å²) in [6.07, 6.45) is 2.88. The second kappa shape index (κ2) is 23.7. The maximum atomic E-state index is 10.4. The van der Waals surface area contributed by atoms with Crippen molar-refractivity contribution < 1.29 is 64.2 Å². The number of aliphatic hydroxyl groups excluding tert-OH is 7. The summed E-state index contributed by atoms with van der Waals surface area (Å²) in [4.78, 5) is 0. The highest BCUT2D eigenvalue weighted by atomic mass is 16.7. The number of methoxy groups -OCH3 is 1. The van der Waals surface area contributed by atoms with Crippen molar-refractivity contribution in [1.29, 1.82) is 0 Å². The fraction of sp³-hybridized carbons (Fsp3) is 1.00. The fourth-order valence-electron chi connectivity index (χ4n) is 5.59. The topological polar surface area (TPSA) is 197 Å².